The van der Waals surface area contributed by atoms with Crippen LogP contribution in [0.2, 0.25) is 0 Å². The van der Waals surface area contributed by atoms with Gasteiger partial charge in [0.05, 0.1) is 13.2 Å². The molecule has 0 rings (SSSR count). The highest BCUT2D eigenvalue weighted by molar-refractivity contribution is 7.52. The summed E-state index contributed by atoms with van der Waals surface area (Å²) in [6.45, 7) is -0.827. The van der Waals surface area contributed by atoms with Crippen molar-refractivity contribution in [1.82, 2.24) is 0 Å². The smallest absolute Gasteiger partial charge is 0.306 e. The maximum absolute atomic E-state index is 11.5. The lowest BCUT2D eigenvalue weighted by molar-refractivity contribution is 0.185. The molecule has 0 aromatic heterocycles. The predicted molar refractivity (Wildman–Crippen MR) is 37.4 cm³/mol. The Morgan fingerprint density at radius 2 is 1.55 bits per heavy atom. The molecule has 0 unspecified atom stereocenters. The quantitative estimate of drug-likeness (QED) is 0.596. The van der Waals surface area contributed by atoms with Crippen molar-refractivity contribution in [3.8, 4) is 0 Å². The predicted octanol–water partition coefficient (Wildman–Crippen LogP) is 1.78. The number of alkyl halides is 2. The Morgan fingerprint density at radius 1 is 1.18 bits per heavy atom. The Kier molecular flexibility index (Phi) is 5.64. The average Bonchev–Trinajstić information content (AvgIpc) is 1.97. The minimum Gasteiger partial charge on any atom is -0.306 e. The number of hydrogen-bond donors (Lipinski definition) is 0. The van der Waals surface area contributed by atoms with E-state index < -0.39 is 20.9 Å². The van der Waals surface area contributed by atoms with E-state index in [9.17, 15) is 13.3 Å². The fourth-order valence-electron chi connectivity index (χ4n) is 0.438. The van der Waals surface area contributed by atoms with Gasteiger partial charge in [0, 0.05) is 6.66 Å². The molecule has 0 spiro atoms. The second-order valence-electron chi connectivity index (χ2n) is 1.82. The van der Waals surface area contributed by atoms with Gasteiger partial charge in [0.15, 0.2) is 0 Å². The van der Waals surface area contributed by atoms with Crippen molar-refractivity contribution in [1.29, 1.82) is 0 Å². The molecule has 11 heavy (non-hydrogen) atoms. The highest BCUT2D eigenvalue weighted by atomic mass is 31.2. The second-order valence-corrected chi connectivity index (χ2v) is 3.87. The van der Waals surface area contributed by atoms with E-state index in [2.05, 4.69) is 9.05 Å². The summed E-state index contributed by atoms with van der Waals surface area (Å²) >= 11 is 0. The molecule has 0 aromatic rings. The maximum Gasteiger partial charge on any atom is 0.327 e. The molecule has 0 heterocycles. The molecule has 0 saturated heterocycles. The summed E-state index contributed by atoms with van der Waals surface area (Å²) in [4.78, 5) is 0. The topological polar surface area (TPSA) is 35.5 Å². The van der Waals surface area contributed by atoms with E-state index in [1.54, 1.807) is 0 Å². The molecule has 0 fully saturated rings. The molecular formula is C5H11F2O3P. The van der Waals surface area contributed by atoms with Gasteiger partial charge in [-0.2, -0.15) is 0 Å². The first-order valence-corrected chi connectivity index (χ1v) is 5.10. The van der Waals surface area contributed by atoms with E-state index in [0.29, 0.717) is 0 Å². The van der Waals surface area contributed by atoms with Crippen molar-refractivity contribution in [2.45, 2.75) is 0 Å². The lowest BCUT2D eigenvalue weighted by atomic mass is 10.9. The van der Waals surface area contributed by atoms with Crippen LogP contribution in [0.5, 0.6) is 0 Å². The maximum atomic E-state index is 11.5. The zero-order valence-electron chi connectivity index (χ0n) is 6.26. The molecule has 0 bridgehead atoms. The first-order valence-electron chi connectivity index (χ1n) is 3.11. The van der Waals surface area contributed by atoms with Crippen LogP contribution in [0.25, 0.3) is 0 Å². The summed E-state index contributed by atoms with van der Waals surface area (Å²) in [6.07, 6.45) is 0. The minimum absolute atomic E-state index is 0.278. The van der Waals surface area contributed by atoms with Crippen LogP contribution in [-0.4, -0.2) is 33.2 Å². The third-order valence-electron chi connectivity index (χ3n) is 0.806. The van der Waals surface area contributed by atoms with Crippen LogP contribution in [-0.2, 0) is 13.6 Å². The molecule has 0 atom stereocenters. The van der Waals surface area contributed by atoms with Crippen molar-refractivity contribution >= 4 is 7.60 Å². The zero-order chi connectivity index (χ0) is 8.74. The van der Waals surface area contributed by atoms with Gasteiger partial charge in [-0.15, -0.1) is 0 Å². The lowest BCUT2D eigenvalue weighted by Crippen LogP contribution is -1.99. The summed E-state index contributed by atoms with van der Waals surface area (Å²) in [5.74, 6) is 0. The van der Waals surface area contributed by atoms with E-state index in [0.717, 1.165) is 0 Å². The normalized spacial score (nSPS) is 11.9. The van der Waals surface area contributed by atoms with Gasteiger partial charge in [-0.1, -0.05) is 0 Å². The zero-order valence-corrected chi connectivity index (χ0v) is 7.15. The average molecular weight is 188 g/mol. The fourth-order valence-corrected chi connectivity index (χ4v) is 1.31. The van der Waals surface area contributed by atoms with Gasteiger partial charge in [0.1, 0.15) is 13.3 Å². The van der Waals surface area contributed by atoms with E-state index in [1.807, 2.05) is 0 Å². The second kappa shape index (κ2) is 5.63. The van der Waals surface area contributed by atoms with E-state index in [4.69, 9.17) is 0 Å². The third-order valence-corrected chi connectivity index (χ3v) is 2.11. The highest BCUT2D eigenvalue weighted by Gasteiger charge is 2.15. The summed E-state index contributed by atoms with van der Waals surface area (Å²) in [5, 5.41) is 0. The van der Waals surface area contributed by atoms with Gasteiger partial charge >= 0.3 is 7.60 Å². The van der Waals surface area contributed by atoms with Crippen molar-refractivity contribution in [2.24, 2.45) is 0 Å². The summed E-state index contributed by atoms with van der Waals surface area (Å²) in [6, 6.07) is 0. The number of rotatable bonds is 6. The van der Waals surface area contributed by atoms with Crippen molar-refractivity contribution < 1.29 is 22.4 Å². The van der Waals surface area contributed by atoms with Gasteiger partial charge in [-0.25, -0.2) is 8.78 Å². The van der Waals surface area contributed by atoms with E-state index in [-0.39, 0.29) is 13.2 Å². The molecule has 6 heteroatoms. The van der Waals surface area contributed by atoms with Crippen LogP contribution < -0.4 is 0 Å². The van der Waals surface area contributed by atoms with Crippen LogP contribution in [0.15, 0.2) is 0 Å². The highest BCUT2D eigenvalue weighted by Crippen LogP contribution is 2.43. The van der Waals surface area contributed by atoms with Gasteiger partial charge in [0.2, 0.25) is 0 Å². The van der Waals surface area contributed by atoms with Crippen LogP contribution in [0.3, 0.4) is 0 Å². The van der Waals surface area contributed by atoms with E-state index in [1.165, 1.54) is 6.66 Å². The van der Waals surface area contributed by atoms with E-state index >= 15 is 0 Å². The first-order chi connectivity index (χ1) is 5.12. The van der Waals surface area contributed by atoms with Crippen LogP contribution in [0.1, 0.15) is 0 Å². The summed E-state index contributed by atoms with van der Waals surface area (Å²) in [5.41, 5.74) is 0. The SMILES string of the molecule is CP(=O)(OCCF)OCCF. The van der Waals surface area contributed by atoms with Crippen LogP contribution >= 0.6 is 7.60 Å². The molecule has 0 aliphatic carbocycles. The molecule has 0 radical (unpaired) electrons. The number of hydrogen-bond acceptors (Lipinski definition) is 3. The Hall–Kier alpha value is 0.01000. The Labute approximate surface area is 64.2 Å². The van der Waals surface area contributed by atoms with Crippen LogP contribution in [0.4, 0.5) is 8.78 Å². The van der Waals surface area contributed by atoms with Crippen LogP contribution in [0, 0.1) is 0 Å². The molecule has 68 valence electrons. The van der Waals surface area contributed by atoms with Crippen molar-refractivity contribution in [3.63, 3.8) is 0 Å². The molecule has 0 aromatic carbocycles. The molecule has 3 nitrogen and oxygen atoms in total. The summed E-state index contributed by atoms with van der Waals surface area (Å²) in [7, 11) is -3.21. The monoisotopic (exact) mass is 188 g/mol. The largest absolute Gasteiger partial charge is 0.327 e. The molecule has 0 N–H and O–H groups in total. The van der Waals surface area contributed by atoms with Crippen molar-refractivity contribution in [3.05, 3.63) is 0 Å². The van der Waals surface area contributed by atoms with Gasteiger partial charge in [0.25, 0.3) is 0 Å². The van der Waals surface area contributed by atoms with Gasteiger partial charge < -0.3 is 9.05 Å². The Bertz CT molecular complexity index is 130. The van der Waals surface area contributed by atoms with Gasteiger partial charge in [-0.05, 0) is 0 Å². The molecule has 0 aliphatic rings. The van der Waals surface area contributed by atoms with Gasteiger partial charge in [-0.3, -0.25) is 4.57 Å². The lowest BCUT2D eigenvalue weighted by Gasteiger charge is -2.11. The molecule has 0 saturated carbocycles. The first kappa shape index (κ1) is 11.0. The Balaban J connectivity index is 3.53. The molecular weight excluding hydrogens is 177 g/mol. The Morgan fingerprint density at radius 3 is 1.82 bits per heavy atom. The minimum atomic E-state index is -3.21. The number of halogens is 2. The fraction of sp³-hybridized carbons (Fsp3) is 1.00. The summed E-state index contributed by atoms with van der Waals surface area (Å²) < 4.78 is 42.8. The molecule has 0 amide bonds. The molecule has 0 aliphatic heterocycles. The van der Waals surface area contributed by atoms with Crippen molar-refractivity contribution in [2.75, 3.05) is 33.2 Å². The standard InChI is InChI=1S/C5H11F2O3P/c1-11(8,9-4-2-6)10-5-3-7/h2-5H2,1H3. The third kappa shape index (κ3) is 6.41.